The number of sulfone groups is 1. The zero-order valence-electron chi connectivity index (χ0n) is 17.4. The Balaban J connectivity index is 2.06. The Bertz CT molecular complexity index is 1110. The van der Waals surface area contributed by atoms with Crippen LogP contribution in [0.25, 0.3) is 11.4 Å². The molecular formula is C19H25N5O4S. The van der Waals surface area contributed by atoms with E-state index in [0.29, 0.717) is 29.5 Å². The summed E-state index contributed by atoms with van der Waals surface area (Å²) in [6.45, 7) is 9.47. The molecule has 10 heteroatoms. The van der Waals surface area contributed by atoms with Crippen LogP contribution < -0.4 is 4.74 Å². The van der Waals surface area contributed by atoms with Crippen LogP contribution in [0.3, 0.4) is 0 Å². The molecule has 0 aliphatic heterocycles. The molecule has 156 valence electrons. The summed E-state index contributed by atoms with van der Waals surface area (Å²) < 4.78 is 38.7. The highest BCUT2D eigenvalue weighted by molar-refractivity contribution is 7.91. The average Bonchev–Trinajstić information content (AvgIpc) is 3.34. The van der Waals surface area contributed by atoms with Crippen LogP contribution in [0.15, 0.2) is 33.9 Å². The summed E-state index contributed by atoms with van der Waals surface area (Å²) in [5, 5.41) is 10.8. The van der Waals surface area contributed by atoms with Gasteiger partial charge in [-0.25, -0.2) is 8.42 Å². The van der Waals surface area contributed by atoms with Crippen LogP contribution in [0.5, 0.6) is 5.75 Å². The second-order valence-corrected chi connectivity index (χ2v) is 9.81. The Morgan fingerprint density at radius 2 is 1.90 bits per heavy atom. The summed E-state index contributed by atoms with van der Waals surface area (Å²) >= 11 is 0. The number of para-hydroxylation sites is 1. The van der Waals surface area contributed by atoms with E-state index in [-0.39, 0.29) is 16.5 Å². The maximum Gasteiger partial charge on any atom is 0.250 e. The normalized spacial score (nSPS) is 13.4. The van der Waals surface area contributed by atoms with Crippen molar-refractivity contribution in [2.75, 3.05) is 7.11 Å². The summed E-state index contributed by atoms with van der Waals surface area (Å²) in [5.74, 6) is 1.47. The first-order valence-electron chi connectivity index (χ1n) is 9.25. The van der Waals surface area contributed by atoms with E-state index in [4.69, 9.17) is 9.26 Å². The number of benzene rings is 1. The summed E-state index contributed by atoms with van der Waals surface area (Å²) in [5.41, 5.74) is 0.303. The molecule has 0 amide bonds. The third-order valence-electron chi connectivity index (χ3n) is 4.56. The maximum atomic E-state index is 13.3. The lowest BCUT2D eigenvalue weighted by atomic mass is 9.96. The number of ether oxygens (including phenoxy) is 1. The van der Waals surface area contributed by atoms with Gasteiger partial charge in [0.2, 0.25) is 15.7 Å². The lowest BCUT2D eigenvalue weighted by Crippen LogP contribution is -2.18. The topological polar surface area (TPSA) is 113 Å². The monoisotopic (exact) mass is 419 g/mol. The third kappa shape index (κ3) is 3.76. The Labute approximate surface area is 170 Å². The molecule has 1 aromatic carbocycles. The number of methoxy groups -OCH3 is 1. The van der Waals surface area contributed by atoms with Gasteiger partial charge in [-0.1, -0.05) is 38.1 Å². The molecule has 3 rings (SSSR count). The Hall–Kier alpha value is -2.75. The molecule has 0 N–H and O–H groups in total. The SMILES string of the molecule is CCn1c(-c2ccccc2OC)nnc1S(=O)(=O)C(C)c1nc(C(C)(C)C)no1. The zero-order valence-corrected chi connectivity index (χ0v) is 18.2. The van der Waals surface area contributed by atoms with Crippen molar-refractivity contribution in [2.24, 2.45) is 0 Å². The minimum Gasteiger partial charge on any atom is -0.496 e. The minimum atomic E-state index is -3.92. The quantitative estimate of drug-likeness (QED) is 0.598. The molecule has 0 saturated carbocycles. The highest BCUT2D eigenvalue weighted by Crippen LogP contribution is 2.33. The number of rotatable bonds is 6. The molecule has 2 aromatic heterocycles. The van der Waals surface area contributed by atoms with Gasteiger partial charge in [-0.2, -0.15) is 4.98 Å². The van der Waals surface area contributed by atoms with Crippen LogP contribution in [0, 0.1) is 0 Å². The van der Waals surface area contributed by atoms with Gasteiger partial charge in [0.1, 0.15) is 11.0 Å². The first-order chi connectivity index (χ1) is 13.6. The van der Waals surface area contributed by atoms with Gasteiger partial charge in [0, 0.05) is 12.0 Å². The van der Waals surface area contributed by atoms with Crippen LogP contribution in [0.4, 0.5) is 0 Å². The van der Waals surface area contributed by atoms with Gasteiger partial charge in [0.15, 0.2) is 11.6 Å². The van der Waals surface area contributed by atoms with Crippen molar-refractivity contribution in [2.45, 2.75) is 57.0 Å². The Morgan fingerprint density at radius 1 is 1.21 bits per heavy atom. The second kappa shape index (κ2) is 7.58. The smallest absolute Gasteiger partial charge is 0.250 e. The largest absolute Gasteiger partial charge is 0.496 e. The predicted molar refractivity (Wildman–Crippen MR) is 106 cm³/mol. The van der Waals surface area contributed by atoms with Gasteiger partial charge in [-0.3, -0.25) is 4.57 Å². The van der Waals surface area contributed by atoms with Gasteiger partial charge in [0.05, 0.1) is 12.7 Å². The van der Waals surface area contributed by atoms with E-state index < -0.39 is 15.1 Å². The van der Waals surface area contributed by atoms with Crippen LogP contribution in [0.2, 0.25) is 0 Å². The molecule has 0 aliphatic carbocycles. The second-order valence-electron chi connectivity index (χ2n) is 7.64. The fraction of sp³-hybridized carbons (Fsp3) is 0.474. The molecule has 2 heterocycles. The maximum absolute atomic E-state index is 13.3. The number of nitrogens with zero attached hydrogens (tertiary/aromatic N) is 5. The standard InChI is InChI=1S/C19H25N5O4S/c1-7-24-15(13-10-8-9-11-14(13)27-6)21-22-18(24)29(25,26)12(2)16-20-17(23-28-16)19(3,4)5/h8-12H,7H2,1-6H3. The number of aromatic nitrogens is 5. The molecule has 0 saturated heterocycles. The van der Waals surface area contributed by atoms with Crippen molar-refractivity contribution in [3.8, 4) is 17.1 Å². The Morgan fingerprint density at radius 3 is 2.48 bits per heavy atom. The number of hydrogen-bond acceptors (Lipinski definition) is 8. The predicted octanol–water partition coefficient (Wildman–Crippen LogP) is 3.19. The third-order valence-corrected chi connectivity index (χ3v) is 6.50. The fourth-order valence-electron chi connectivity index (χ4n) is 2.81. The fourth-order valence-corrected chi connectivity index (χ4v) is 4.16. The number of hydrogen-bond donors (Lipinski definition) is 0. The minimum absolute atomic E-state index is 0.0272. The molecule has 0 radical (unpaired) electrons. The summed E-state index contributed by atoms with van der Waals surface area (Å²) in [4.78, 5) is 4.29. The summed E-state index contributed by atoms with van der Waals surface area (Å²) in [7, 11) is -2.37. The summed E-state index contributed by atoms with van der Waals surface area (Å²) in [6, 6.07) is 7.25. The van der Waals surface area contributed by atoms with Crippen molar-refractivity contribution in [1.29, 1.82) is 0 Å². The van der Waals surface area contributed by atoms with Gasteiger partial charge in [-0.05, 0) is 26.0 Å². The van der Waals surface area contributed by atoms with E-state index in [0.717, 1.165) is 0 Å². The highest BCUT2D eigenvalue weighted by Gasteiger charge is 2.36. The van der Waals surface area contributed by atoms with Crippen molar-refractivity contribution < 1.29 is 17.7 Å². The van der Waals surface area contributed by atoms with E-state index in [1.54, 1.807) is 17.7 Å². The van der Waals surface area contributed by atoms with Crippen molar-refractivity contribution in [3.05, 3.63) is 36.0 Å². The molecule has 1 unspecified atom stereocenters. The van der Waals surface area contributed by atoms with Crippen molar-refractivity contribution >= 4 is 9.84 Å². The molecular weight excluding hydrogens is 394 g/mol. The van der Waals surface area contributed by atoms with E-state index in [1.807, 2.05) is 45.9 Å². The van der Waals surface area contributed by atoms with Crippen molar-refractivity contribution in [3.63, 3.8) is 0 Å². The van der Waals surface area contributed by atoms with Gasteiger partial charge >= 0.3 is 0 Å². The lowest BCUT2D eigenvalue weighted by Gasteiger charge is -2.13. The molecule has 29 heavy (non-hydrogen) atoms. The molecule has 0 aliphatic rings. The highest BCUT2D eigenvalue weighted by atomic mass is 32.2. The molecule has 9 nitrogen and oxygen atoms in total. The van der Waals surface area contributed by atoms with Crippen LogP contribution in [0.1, 0.15) is 51.6 Å². The Kier molecular flexibility index (Phi) is 5.48. The first kappa shape index (κ1) is 21.0. The van der Waals surface area contributed by atoms with Gasteiger partial charge in [-0.15, -0.1) is 10.2 Å². The zero-order chi connectivity index (χ0) is 21.4. The van der Waals surface area contributed by atoms with Crippen LogP contribution >= 0.6 is 0 Å². The molecule has 0 spiro atoms. The molecule has 0 fully saturated rings. The summed E-state index contributed by atoms with van der Waals surface area (Å²) in [6.07, 6.45) is 0. The van der Waals surface area contributed by atoms with Gasteiger partial charge in [0.25, 0.3) is 5.16 Å². The van der Waals surface area contributed by atoms with Crippen molar-refractivity contribution in [1.82, 2.24) is 24.9 Å². The van der Waals surface area contributed by atoms with E-state index >= 15 is 0 Å². The van der Waals surface area contributed by atoms with Crippen LogP contribution in [-0.4, -0.2) is 40.4 Å². The average molecular weight is 420 g/mol. The lowest BCUT2D eigenvalue weighted by molar-refractivity contribution is 0.361. The van der Waals surface area contributed by atoms with Crippen LogP contribution in [-0.2, 0) is 21.8 Å². The van der Waals surface area contributed by atoms with E-state index in [1.165, 1.54) is 6.92 Å². The van der Waals surface area contributed by atoms with E-state index in [2.05, 4.69) is 20.3 Å². The first-order valence-corrected chi connectivity index (χ1v) is 10.8. The molecule has 1 atom stereocenters. The molecule has 0 bridgehead atoms. The van der Waals surface area contributed by atoms with Gasteiger partial charge < -0.3 is 9.26 Å². The molecule has 3 aromatic rings. The van der Waals surface area contributed by atoms with E-state index in [9.17, 15) is 8.42 Å².